The molecule has 1 unspecified atom stereocenters. The van der Waals surface area contributed by atoms with Gasteiger partial charge in [0, 0.05) is 17.9 Å². The fourth-order valence-electron chi connectivity index (χ4n) is 6.26. The third-order valence-corrected chi connectivity index (χ3v) is 7.78. The molecular formula is C24H25NO7. The Hall–Kier alpha value is -3.13. The summed E-state index contributed by atoms with van der Waals surface area (Å²) in [7, 11) is 0. The van der Waals surface area contributed by atoms with Gasteiger partial charge < -0.3 is 26.2 Å². The molecule has 0 aromatic heterocycles. The number of primary amides is 1. The maximum absolute atomic E-state index is 13.5. The van der Waals surface area contributed by atoms with E-state index in [4.69, 9.17) is 5.73 Å². The predicted octanol–water partition coefficient (Wildman–Crippen LogP) is 2.08. The van der Waals surface area contributed by atoms with Crippen LogP contribution in [-0.2, 0) is 20.8 Å². The molecule has 5 rings (SSSR count). The number of carbonyl (C=O) groups is 3. The summed E-state index contributed by atoms with van der Waals surface area (Å²) in [5.74, 6) is -5.65. The molecule has 1 amide bonds. The smallest absolute Gasteiger partial charge is 0.255 e. The summed E-state index contributed by atoms with van der Waals surface area (Å²) in [4.78, 5) is 37.6. The maximum Gasteiger partial charge on any atom is 0.255 e. The fourth-order valence-corrected chi connectivity index (χ4v) is 6.26. The van der Waals surface area contributed by atoms with Gasteiger partial charge in [-0.1, -0.05) is 18.9 Å². The molecule has 6 N–H and O–H groups in total. The monoisotopic (exact) mass is 439 g/mol. The van der Waals surface area contributed by atoms with Crippen molar-refractivity contribution in [3.8, 4) is 5.75 Å². The van der Waals surface area contributed by atoms with Crippen LogP contribution in [0.3, 0.4) is 0 Å². The summed E-state index contributed by atoms with van der Waals surface area (Å²) < 4.78 is 0. The third kappa shape index (κ3) is 2.62. The van der Waals surface area contributed by atoms with Gasteiger partial charge in [0.25, 0.3) is 5.91 Å². The average Bonchev–Trinajstić information content (AvgIpc) is 3.25. The number of amides is 1. The van der Waals surface area contributed by atoms with Crippen LogP contribution in [0.25, 0.3) is 5.76 Å². The lowest BCUT2D eigenvalue weighted by molar-refractivity contribution is -0.147. The van der Waals surface area contributed by atoms with Gasteiger partial charge in [-0.2, -0.15) is 0 Å². The van der Waals surface area contributed by atoms with Gasteiger partial charge in [-0.25, -0.2) is 0 Å². The summed E-state index contributed by atoms with van der Waals surface area (Å²) >= 11 is 0. The van der Waals surface area contributed by atoms with Gasteiger partial charge in [-0.05, 0) is 54.7 Å². The van der Waals surface area contributed by atoms with Crippen molar-refractivity contribution in [1.29, 1.82) is 0 Å². The molecule has 3 atom stereocenters. The highest BCUT2D eigenvalue weighted by Crippen LogP contribution is 2.53. The number of aliphatic hydroxyl groups excluding tert-OH is 2. The van der Waals surface area contributed by atoms with E-state index in [9.17, 15) is 34.8 Å². The first-order valence-electron chi connectivity index (χ1n) is 11.0. The second-order valence-corrected chi connectivity index (χ2v) is 9.42. The van der Waals surface area contributed by atoms with Crippen LogP contribution in [0, 0.1) is 11.8 Å². The van der Waals surface area contributed by atoms with Crippen molar-refractivity contribution < 1.29 is 34.8 Å². The molecule has 168 valence electrons. The lowest BCUT2D eigenvalue weighted by atomic mass is 9.59. The van der Waals surface area contributed by atoms with Crippen molar-refractivity contribution >= 4 is 23.2 Å². The van der Waals surface area contributed by atoms with E-state index in [1.54, 1.807) is 0 Å². The number of aliphatic hydroxyl groups is 3. The number of carbonyl (C=O) groups excluding carboxylic acids is 3. The van der Waals surface area contributed by atoms with E-state index in [0.717, 1.165) is 36.8 Å². The number of hydrogen-bond acceptors (Lipinski definition) is 7. The molecule has 1 aromatic carbocycles. The van der Waals surface area contributed by atoms with Crippen LogP contribution in [0.15, 0.2) is 29.0 Å². The highest BCUT2D eigenvalue weighted by atomic mass is 16.3. The second kappa shape index (κ2) is 6.93. The molecule has 8 heteroatoms. The van der Waals surface area contributed by atoms with Crippen molar-refractivity contribution in [1.82, 2.24) is 0 Å². The minimum absolute atomic E-state index is 0.0974. The molecule has 4 aliphatic rings. The Labute approximate surface area is 184 Å². The molecule has 0 spiro atoms. The quantitative estimate of drug-likeness (QED) is 0.441. The molecule has 0 heterocycles. The molecule has 2 saturated carbocycles. The number of phenols is 1. The Balaban J connectivity index is 1.68. The number of phenolic OH excluding ortho intramolecular Hbond substituents is 1. The van der Waals surface area contributed by atoms with E-state index in [1.807, 2.05) is 6.07 Å². The highest BCUT2D eigenvalue weighted by Gasteiger charge is 2.60. The number of fused-ring (bicyclic) bond motifs is 3. The third-order valence-electron chi connectivity index (χ3n) is 7.78. The minimum atomic E-state index is -2.52. The van der Waals surface area contributed by atoms with Crippen molar-refractivity contribution in [3.05, 3.63) is 45.7 Å². The largest absolute Gasteiger partial charge is 0.508 e. The normalized spacial score (nSPS) is 30.3. The molecule has 32 heavy (non-hydrogen) atoms. The number of Topliss-reactive ketones (excluding diaryl/α,β-unsaturated/α-hetero) is 2. The van der Waals surface area contributed by atoms with Gasteiger partial charge in [0.2, 0.25) is 5.78 Å². The number of nitrogens with two attached hydrogens (primary N) is 1. The predicted molar refractivity (Wildman–Crippen MR) is 113 cm³/mol. The standard InChI is InChI=1S/C24H25NO7/c25-23(31)19-16(27)9-12-7-11-8-14-13(10-3-1-2-4-10)5-6-15(26)18(14)20(28)17(11)21(29)24(12,32)22(19)30/h5-6,10-12,26,28,30,32H,1-4,7-9H2,(H2,25,31)/t11-,12+,24?/m1/s1. The molecule has 0 bridgehead atoms. The maximum atomic E-state index is 13.5. The molecular weight excluding hydrogens is 414 g/mol. The van der Waals surface area contributed by atoms with Crippen LogP contribution >= 0.6 is 0 Å². The summed E-state index contributed by atoms with van der Waals surface area (Å²) in [6, 6.07) is 3.39. The highest BCUT2D eigenvalue weighted by molar-refractivity contribution is 6.22. The first-order chi connectivity index (χ1) is 15.2. The zero-order valence-electron chi connectivity index (χ0n) is 17.4. The van der Waals surface area contributed by atoms with Gasteiger partial charge in [-0.15, -0.1) is 0 Å². The van der Waals surface area contributed by atoms with E-state index in [0.29, 0.717) is 12.3 Å². The number of hydrogen-bond donors (Lipinski definition) is 5. The first-order valence-corrected chi connectivity index (χ1v) is 11.0. The molecule has 0 aliphatic heterocycles. The fraction of sp³-hybridized carbons (Fsp3) is 0.458. The van der Waals surface area contributed by atoms with Crippen LogP contribution in [0.1, 0.15) is 61.1 Å². The number of ketones is 2. The van der Waals surface area contributed by atoms with Crippen molar-refractivity contribution in [2.45, 2.75) is 56.5 Å². The van der Waals surface area contributed by atoms with E-state index in [2.05, 4.69) is 0 Å². The molecule has 4 aliphatic carbocycles. The zero-order valence-corrected chi connectivity index (χ0v) is 17.4. The van der Waals surface area contributed by atoms with Crippen molar-refractivity contribution in [2.75, 3.05) is 0 Å². The average molecular weight is 439 g/mol. The van der Waals surface area contributed by atoms with Crippen LogP contribution < -0.4 is 5.73 Å². The Morgan fingerprint density at radius 2 is 1.72 bits per heavy atom. The molecule has 1 aromatic rings. The van der Waals surface area contributed by atoms with Crippen LogP contribution in [-0.4, -0.2) is 43.5 Å². The van der Waals surface area contributed by atoms with Gasteiger partial charge in [-0.3, -0.25) is 14.4 Å². The molecule has 2 fully saturated rings. The summed E-state index contributed by atoms with van der Waals surface area (Å²) in [5.41, 5.74) is 3.83. The number of rotatable bonds is 2. The Morgan fingerprint density at radius 1 is 1.03 bits per heavy atom. The van der Waals surface area contributed by atoms with Gasteiger partial charge in [0.1, 0.15) is 22.8 Å². The summed E-state index contributed by atoms with van der Waals surface area (Å²) in [6.45, 7) is 0. The Bertz CT molecular complexity index is 1140. The van der Waals surface area contributed by atoms with Crippen LogP contribution in [0.5, 0.6) is 5.75 Å². The van der Waals surface area contributed by atoms with Gasteiger partial charge >= 0.3 is 0 Å². The zero-order chi connectivity index (χ0) is 22.9. The number of benzene rings is 1. The SMILES string of the molecule is NC(=O)C1=C(O)C2(O)C(=O)C3=C(O)c4c(O)ccc(C5CCCC5)c4C[C@H]3C[C@H]2CC1=O. The van der Waals surface area contributed by atoms with E-state index >= 15 is 0 Å². The van der Waals surface area contributed by atoms with Gasteiger partial charge in [0.05, 0.1) is 5.56 Å². The molecule has 8 nitrogen and oxygen atoms in total. The Kier molecular flexibility index (Phi) is 4.50. The van der Waals surface area contributed by atoms with E-state index < -0.39 is 52.0 Å². The van der Waals surface area contributed by atoms with Gasteiger partial charge in [0.15, 0.2) is 11.4 Å². The van der Waals surface area contributed by atoms with E-state index in [1.165, 1.54) is 6.07 Å². The van der Waals surface area contributed by atoms with Crippen LogP contribution in [0.2, 0.25) is 0 Å². The van der Waals surface area contributed by atoms with E-state index in [-0.39, 0.29) is 29.7 Å². The Morgan fingerprint density at radius 3 is 2.38 bits per heavy atom. The summed E-state index contributed by atoms with van der Waals surface area (Å²) in [5, 5.41) is 43.5. The van der Waals surface area contributed by atoms with Crippen LogP contribution in [0.4, 0.5) is 0 Å². The lowest BCUT2D eigenvalue weighted by Gasteiger charge is -2.46. The second-order valence-electron chi connectivity index (χ2n) is 9.42. The van der Waals surface area contributed by atoms with Crippen molar-refractivity contribution in [3.63, 3.8) is 0 Å². The summed E-state index contributed by atoms with van der Waals surface area (Å²) in [6.07, 6.45) is 4.47. The topological polar surface area (TPSA) is 158 Å². The number of aromatic hydroxyl groups is 1. The molecule has 0 radical (unpaired) electrons. The minimum Gasteiger partial charge on any atom is -0.508 e. The van der Waals surface area contributed by atoms with Crippen molar-refractivity contribution in [2.24, 2.45) is 17.6 Å². The molecule has 0 saturated heterocycles. The first kappa shape index (κ1) is 20.8. The lowest BCUT2D eigenvalue weighted by Crippen LogP contribution is -2.58.